The molecule has 0 aliphatic carbocycles. The fraction of sp³-hybridized carbons (Fsp3) is 0.0714. The van der Waals surface area contributed by atoms with Crippen molar-refractivity contribution in [1.82, 2.24) is 0 Å². The third-order valence-electron chi connectivity index (χ3n) is 2.76. The molecule has 0 aliphatic rings. The second-order valence-electron chi connectivity index (χ2n) is 4.09. The van der Waals surface area contributed by atoms with Gasteiger partial charge in [0.25, 0.3) is 5.69 Å². The van der Waals surface area contributed by atoms with Gasteiger partial charge >= 0.3 is 5.97 Å². The van der Waals surface area contributed by atoms with Crippen LogP contribution < -0.4 is 0 Å². The Morgan fingerprint density at radius 1 is 1.24 bits per heavy atom. The predicted octanol–water partition coefficient (Wildman–Crippen LogP) is 3.72. The Bertz CT molecular complexity index is 705. The van der Waals surface area contributed by atoms with E-state index in [1.165, 1.54) is 18.2 Å². The maximum Gasteiger partial charge on any atom is 0.343 e. The molecule has 108 valence electrons. The number of nitro benzene ring substituents is 1. The average Bonchev–Trinajstić information content (AvgIpc) is 2.45. The lowest BCUT2D eigenvalue weighted by atomic mass is 10.1. The summed E-state index contributed by atoms with van der Waals surface area (Å²) in [4.78, 5) is 21.7. The zero-order valence-corrected chi connectivity index (χ0v) is 11.5. The Balaban J connectivity index is 2.32. The third-order valence-corrected chi connectivity index (χ3v) is 3.86. The lowest BCUT2D eigenvalue weighted by Gasteiger charge is -2.07. The quantitative estimate of drug-likeness (QED) is 0.517. The Labute approximate surface area is 123 Å². The SMILES string of the molecule is O=C(O)c1c(CSc2ccccc2F)cccc1[N+](=O)[O-]. The number of thioether (sulfide) groups is 1. The van der Waals surface area contributed by atoms with E-state index in [4.69, 9.17) is 5.11 Å². The van der Waals surface area contributed by atoms with Crippen molar-refractivity contribution in [3.05, 3.63) is 69.5 Å². The number of carboxylic acids is 1. The number of benzene rings is 2. The van der Waals surface area contributed by atoms with Gasteiger partial charge < -0.3 is 5.11 Å². The Kier molecular flexibility index (Phi) is 4.54. The number of nitro groups is 1. The summed E-state index contributed by atoms with van der Waals surface area (Å²) in [6.07, 6.45) is 0. The van der Waals surface area contributed by atoms with Crippen LogP contribution in [-0.4, -0.2) is 16.0 Å². The molecule has 0 saturated heterocycles. The molecule has 0 heterocycles. The van der Waals surface area contributed by atoms with Crippen molar-refractivity contribution in [2.75, 3.05) is 0 Å². The summed E-state index contributed by atoms with van der Waals surface area (Å²) < 4.78 is 13.5. The van der Waals surface area contributed by atoms with Gasteiger partial charge in [0.1, 0.15) is 11.4 Å². The second kappa shape index (κ2) is 6.36. The van der Waals surface area contributed by atoms with Crippen LogP contribution in [0.4, 0.5) is 10.1 Å². The van der Waals surface area contributed by atoms with E-state index in [1.807, 2.05) is 0 Å². The van der Waals surface area contributed by atoms with Crippen molar-refractivity contribution in [2.45, 2.75) is 10.6 Å². The first-order chi connectivity index (χ1) is 10.0. The molecule has 0 radical (unpaired) electrons. The van der Waals surface area contributed by atoms with Gasteiger partial charge in [-0.15, -0.1) is 11.8 Å². The van der Waals surface area contributed by atoms with Crippen LogP contribution in [0, 0.1) is 15.9 Å². The molecule has 0 saturated carbocycles. The molecular weight excluding hydrogens is 297 g/mol. The van der Waals surface area contributed by atoms with Crippen molar-refractivity contribution < 1.29 is 19.2 Å². The number of hydrogen-bond donors (Lipinski definition) is 1. The van der Waals surface area contributed by atoms with Crippen molar-refractivity contribution in [2.24, 2.45) is 0 Å². The van der Waals surface area contributed by atoms with E-state index in [1.54, 1.807) is 18.2 Å². The fourth-order valence-electron chi connectivity index (χ4n) is 1.82. The van der Waals surface area contributed by atoms with Gasteiger partial charge in [-0.2, -0.15) is 0 Å². The Hall–Kier alpha value is -2.41. The molecule has 2 aromatic carbocycles. The van der Waals surface area contributed by atoms with Gasteiger partial charge in [0.05, 0.1) is 4.92 Å². The standard InChI is InChI=1S/C14H10FNO4S/c15-10-5-1-2-7-12(10)21-8-9-4-3-6-11(16(19)20)13(9)14(17)18/h1-7H,8H2,(H,17,18). The number of hydrogen-bond acceptors (Lipinski definition) is 4. The van der Waals surface area contributed by atoms with Gasteiger partial charge in [-0.25, -0.2) is 9.18 Å². The summed E-state index contributed by atoms with van der Waals surface area (Å²) in [5, 5.41) is 20.0. The average molecular weight is 307 g/mol. The van der Waals surface area contributed by atoms with Crippen molar-refractivity contribution >= 4 is 23.4 Å². The summed E-state index contributed by atoms with van der Waals surface area (Å²) in [5.74, 6) is -1.65. The number of halogens is 1. The van der Waals surface area contributed by atoms with Crippen LogP contribution in [0.5, 0.6) is 0 Å². The first-order valence-corrected chi connectivity index (χ1v) is 6.86. The molecule has 2 rings (SSSR count). The summed E-state index contributed by atoms with van der Waals surface area (Å²) >= 11 is 1.09. The molecule has 0 unspecified atom stereocenters. The lowest BCUT2D eigenvalue weighted by molar-refractivity contribution is -0.385. The molecule has 0 spiro atoms. The summed E-state index contributed by atoms with van der Waals surface area (Å²) in [7, 11) is 0. The zero-order valence-electron chi connectivity index (χ0n) is 10.7. The van der Waals surface area contributed by atoms with Gasteiger partial charge in [0.15, 0.2) is 0 Å². The smallest absolute Gasteiger partial charge is 0.343 e. The van der Waals surface area contributed by atoms with Gasteiger partial charge in [0.2, 0.25) is 0 Å². The summed E-state index contributed by atoms with van der Waals surface area (Å²) in [5.41, 5.74) is -0.537. The first-order valence-electron chi connectivity index (χ1n) is 5.87. The predicted molar refractivity (Wildman–Crippen MR) is 76.0 cm³/mol. The van der Waals surface area contributed by atoms with Crippen molar-refractivity contribution in [1.29, 1.82) is 0 Å². The Morgan fingerprint density at radius 2 is 1.95 bits per heavy atom. The maximum absolute atomic E-state index is 13.5. The number of aromatic carboxylic acids is 1. The van der Waals surface area contributed by atoms with E-state index < -0.39 is 22.4 Å². The van der Waals surface area contributed by atoms with Gasteiger partial charge in [-0.1, -0.05) is 24.3 Å². The topological polar surface area (TPSA) is 80.4 Å². The molecule has 0 aliphatic heterocycles. The Morgan fingerprint density at radius 3 is 2.57 bits per heavy atom. The molecule has 0 atom stereocenters. The second-order valence-corrected chi connectivity index (χ2v) is 5.11. The van der Waals surface area contributed by atoms with Crippen molar-refractivity contribution in [3.8, 4) is 0 Å². The summed E-state index contributed by atoms with van der Waals surface area (Å²) in [6, 6.07) is 10.1. The molecular formula is C14H10FNO4S. The van der Waals surface area contributed by atoms with Crippen LogP contribution in [0.3, 0.4) is 0 Å². The molecule has 21 heavy (non-hydrogen) atoms. The minimum Gasteiger partial charge on any atom is -0.477 e. The van der Waals surface area contributed by atoms with E-state index in [0.717, 1.165) is 17.8 Å². The van der Waals surface area contributed by atoms with E-state index in [9.17, 15) is 19.3 Å². The van der Waals surface area contributed by atoms with Gasteiger partial charge in [-0.3, -0.25) is 10.1 Å². The lowest BCUT2D eigenvalue weighted by Crippen LogP contribution is -2.06. The first kappa shape index (κ1) is 15.0. The normalized spacial score (nSPS) is 10.3. The number of carboxylic acid groups (broad SMARTS) is 1. The van der Waals surface area contributed by atoms with Crippen LogP contribution in [0.15, 0.2) is 47.4 Å². The summed E-state index contributed by atoms with van der Waals surface area (Å²) in [6.45, 7) is 0. The number of carbonyl (C=O) groups is 1. The van der Waals surface area contributed by atoms with E-state index in [-0.39, 0.29) is 16.9 Å². The minimum atomic E-state index is -1.37. The van der Waals surface area contributed by atoms with Crippen LogP contribution in [-0.2, 0) is 5.75 Å². The molecule has 1 N–H and O–H groups in total. The highest BCUT2D eigenvalue weighted by atomic mass is 32.2. The van der Waals surface area contributed by atoms with E-state index >= 15 is 0 Å². The zero-order chi connectivity index (χ0) is 15.4. The number of nitrogens with zero attached hydrogens (tertiary/aromatic N) is 1. The molecule has 7 heteroatoms. The minimum absolute atomic E-state index is 0.129. The highest BCUT2D eigenvalue weighted by Crippen LogP contribution is 2.30. The van der Waals surface area contributed by atoms with Crippen LogP contribution in [0.25, 0.3) is 0 Å². The molecule has 0 aromatic heterocycles. The molecule has 0 bridgehead atoms. The highest BCUT2D eigenvalue weighted by Gasteiger charge is 2.23. The van der Waals surface area contributed by atoms with E-state index in [0.29, 0.717) is 4.90 Å². The largest absolute Gasteiger partial charge is 0.477 e. The third kappa shape index (κ3) is 3.38. The van der Waals surface area contributed by atoms with Crippen LogP contribution in [0.1, 0.15) is 15.9 Å². The number of rotatable bonds is 5. The molecule has 0 amide bonds. The van der Waals surface area contributed by atoms with Crippen molar-refractivity contribution in [3.63, 3.8) is 0 Å². The molecule has 5 nitrogen and oxygen atoms in total. The van der Waals surface area contributed by atoms with Crippen LogP contribution in [0.2, 0.25) is 0 Å². The monoisotopic (exact) mass is 307 g/mol. The van der Waals surface area contributed by atoms with Crippen LogP contribution >= 0.6 is 11.8 Å². The van der Waals surface area contributed by atoms with Gasteiger partial charge in [-0.05, 0) is 17.7 Å². The fourth-order valence-corrected chi connectivity index (χ4v) is 2.76. The van der Waals surface area contributed by atoms with E-state index in [2.05, 4.69) is 0 Å². The highest BCUT2D eigenvalue weighted by molar-refractivity contribution is 7.98. The molecule has 0 fully saturated rings. The molecule has 2 aromatic rings. The maximum atomic E-state index is 13.5. The van der Waals surface area contributed by atoms with Gasteiger partial charge in [0, 0.05) is 16.7 Å².